The molecule has 0 unspecified atom stereocenters. The Kier molecular flexibility index (Phi) is 6.31. The molecule has 0 saturated heterocycles. The molecular weight excluding hydrogens is 356 g/mol. The first-order valence-electron chi connectivity index (χ1n) is 8.74. The molecule has 1 aliphatic heterocycles. The molecule has 0 saturated carbocycles. The van der Waals surface area contributed by atoms with E-state index in [1.54, 1.807) is 11.0 Å². The lowest BCUT2D eigenvalue weighted by atomic mass is 10.1. The Morgan fingerprint density at radius 1 is 1.38 bits per heavy atom. The Labute approximate surface area is 155 Å². The molecule has 146 valence electrons. The van der Waals surface area contributed by atoms with Gasteiger partial charge in [-0.2, -0.15) is 0 Å². The zero-order valence-corrected chi connectivity index (χ0v) is 16.9. The number of carbonyl (C=O) groups is 1. The summed E-state index contributed by atoms with van der Waals surface area (Å²) in [5, 5.41) is 0. The van der Waals surface area contributed by atoms with Crippen molar-refractivity contribution in [1.82, 2.24) is 4.72 Å². The monoisotopic (exact) mass is 384 g/mol. The van der Waals surface area contributed by atoms with E-state index in [4.69, 9.17) is 9.47 Å². The molecule has 1 aromatic carbocycles. The Hall–Kier alpha value is -1.64. The first-order chi connectivity index (χ1) is 12.0. The third kappa shape index (κ3) is 5.18. The van der Waals surface area contributed by atoms with Gasteiger partial charge in [-0.25, -0.2) is 13.1 Å². The molecule has 7 nitrogen and oxygen atoms in total. The van der Waals surface area contributed by atoms with E-state index in [1.807, 2.05) is 27.7 Å². The second kappa shape index (κ2) is 7.94. The second-order valence-corrected chi connectivity index (χ2v) is 9.03. The van der Waals surface area contributed by atoms with E-state index in [1.165, 1.54) is 19.1 Å². The van der Waals surface area contributed by atoms with Crippen molar-refractivity contribution in [2.24, 2.45) is 0 Å². The smallest absolute Gasteiger partial charge is 0.240 e. The van der Waals surface area contributed by atoms with Crippen LogP contribution in [0.5, 0.6) is 5.75 Å². The molecule has 26 heavy (non-hydrogen) atoms. The van der Waals surface area contributed by atoms with Gasteiger partial charge in [0.25, 0.3) is 0 Å². The van der Waals surface area contributed by atoms with Crippen LogP contribution < -0.4 is 14.4 Å². The fourth-order valence-corrected chi connectivity index (χ4v) is 3.81. The maximum atomic E-state index is 12.5. The highest BCUT2D eigenvalue weighted by Gasteiger charge is 2.34. The molecule has 1 aromatic rings. The van der Waals surface area contributed by atoms with E-state index >= 15 is 0 Å². The fraction of sp³-hybridized carbons (Fsp3) is 0.611. The predicted octanol–water partition coefficient (Wildman–Crippen LogP) is 2.30. The number of ether oxygens (including phenoxy) is 2. The van der Waals surface area contributed by atoms with Crippen LogP contribution in [0.1, 0.15) is 41.0 Å². The summed E-state index contributed by atoms with van der Waals surface area (Å²) in [5.74, 6) is 0.344. The van der Waals surface area contributed by atoms with Crippen molar-refractivity contribution < 1.29 is 22.7 Å². The number of rotatable bonds is 7. The number of benzene rings is 1. The Morgan fingerprint density at radius 3 is 2.69 bits per heavy atom. The molecule has 0 atom stereocenters. The van der Waals surface area contributed by atoms with Gasteiger partial charge in [0, 0.05) is 20.1 Å². The maximum Gasteiger partial charge on any atom is 0.240 e. The first-order valence-corrected chi connectivity index (χ1v) is 10.2. The minimum Gasteiger partial charge on any atom is -0.484 e. The van der Waals surface area contributed by atoms with E-state index < -0.39 is 15.6 Å². The van der Waals surface area contributed by atoms with Gasteiger partial charge in [-0.3, -0.25) is 4.79 Å². The van der Waals surface area contributed by atoms with E-state index in [-0.39, 0.29) is 23.5 Å². The van der Waals surface area contributed by atoms with Crippen molar-refractivity contribution in [3.05, 3.63) is 18.2 Å². The van der Waals surface area contributed by atoms with Gasteiger partial charge in [0.15, 0.2) is 0 Å². The van der Waals surface area contributed by atoms with Gasteiger partial charge in [-0.05, 0) is 52.3 Å². The van der Waals surface area contributed by atoms with Gasteiger partial charge in [0.05, 0.1) is 23.2 Å². The van der Waals surface area contributed by atoms with Gasteiger partial charge < -0.3 is 14.4 Å². The fourth-order valence-electron chi connectivity index (χ4n) is 2.72. The summed E-state index contributed by atoms with van der Waals surface area (Å²) in [7, 11) is -3.67. The van der Waals surface area contributed by atoms with Crippen LogP contribution in [-0.2, 0) is 19.6 Å². The molecular formula is C18H28N2O5S. The molecule has 0 aromatic heterocycles. The van der Waals surface area contributed by atoms with Gasteiger partial charge in [-0.1, -0.05) is 0 Å². The molecule has 8 heteroatoms. The van der Waals surface area contributed by atoms with Crippen molar-refractivity contribution in [3.63, 3.8) is 0 Å². The lowest BCUT2D eigenvalue weighted by Gasteiger charge is -2.39. The van der Waals surface area contributed by atoms with Crippen LogP contribution >= 0.6 is 0 Å². The molecule has 0 fully saturated rings. The normalized spacial score (nSPS) is 16.3. The third-order valence-corrected chi connectivity index (χ3v) is 5.36. The Morgan fingerprint density at radius 2 is 2.08 bits per heavy atom. The van der Waals surface area contributed by atoms with Gasteiger partial charge >= 0.3 is 0 Å². The highest BCUT2D eigenvalue weighted by molar-refractivity contribution is 7.89. The van der Waals surface area contributed by atoms with E-state index in [9.17, 15) is 13.2 Å². The SMILES string of the molecule is CC(=O)N1CC(C)(C)Oc2ccc(S(=O)(=O)NCCCOC(C)C)cc21. The summed E-state index contributed by atoms with van der Waals surface area (Å²) < 4.78 is 38.9. The quantitative estimate of drug-likeness (QED) is 0.729. The van der Waals surface area contributed by atoms with Crippen molar-refractivity contribution in [2.45, 2.75) is 57.6 Å². The van der Waals surface area contributed by atoms with Gasteiger partial charge in [0.2, 0.25) is 15.9 Å². The van der Waals surface area contributed by atoms with Gasteiger partial charge in [0.1, 0.15) is 11.4 Å². The van der Waals surface area contributed by atoms with Crippen molar-refractivity contribution in [3.8, 4) is 5.75 Å². The second-order valence-electron chi connectivity index (χ2n) is 7.27. The largest absolute Gasteiger partial charge is 0.484 e. The summed E-state index contributed by atoms with van der Waals surface area (Å²) in [6.45, 7) is 10.2. The summed E-state index contributed by atoms with van der Waals surface area (Å²) in [6.07, 6.45) is 0.702. The number of hydrogen-bond acceptors (Lipinski definition) is 5. The zero-order valence-electron chi connectivity index (χ0n) is 16.0. The predicted molar refractivity (Wildman–Crippen MR) is 100 cm³/mol. The van der Waals surface area contributed by atoms with Crippen molar-refractivity contribution in [1.29, 1.82) is 0 Å². The highest BCUT2D eigenvalue weighted by atomic mass is 32.2. The third-order valence-electron chi connectivity index (χ3n) is 3.90. The van der Waals surface area contributed by atoms with E-state index in [0.717, 1.165) is 0 Å². The van der Waals surface area contributed by atoms with Crippen LogP contribution in [0.4, 0.5) is 5.69 Å². The van der Waals surface area contributed by atoms with Gasteiger partial charge in [-0.15, -0.1) is 0 Å². The van der Waals surface area contributed by atoms with Crippen molar-refractivity contribution in [2.75, 3.05) is 24.6 Å². The standard InChI is InChI=1S/C18H28N2O5S/c1-13(2)24-10-6-9-19-26(22,23)15-7-8-17-16(11-15)20(14(3)21)12-18(4,5)25-17/h7-8,11,13,19H,6,9-10,12H2,1-5H3. The average Bonchev–Trinajstić information content (AvgIpc) is 2.51. The van der Waals surface area contributed by atoms with Crippen LogP contribution in [-0.4, -0.2) is 45.7 Å². The number of fused-ring (bicyclic) bond motifs is 1. The Balaban J connectivity index is 2.16. The number of sulfonamides is 1. The van der Waals surface area contributed by atoms with Crippen LogP contribution in [0.25, 0.3) is 0 Å². The molecule has 1 N–H and O–H groups in total. The number of amides is 1. The zero-order chi connectivity index (χ0) is 19.5. The summed E-state index contributed by atoms with van der Waals surface area (Å²) in [6, 6.07) is 4.58. The molecule has 0 aliphatic carbocycles. The number of nitrogens with one attached hydrogen (secondary N) is 1. The highest BCUT2D eigenvalue weighted by Crippen LogP contribution is 2.38. The molecule has 0 radical (unpaired) electrons. The molecule has 2 rings (SSSR count). The number of hydrogen-bond donors (Lipinski definition) is 1. The van der Waals surface area contributed by atoms with Crippen LogP contribution in [0.15, 0.2) is 23.1 Å². The lowest BCUT2D eigenvalue weighted by molar-refractivity contribution is -0.117. The number of carbonyl (C=O) groups excluding carboxylic acids is 1. The van der Waals surface area contributed by atoms with Crippen molar-refractivity contribution >= 4 is 21.6 Å². The summed E-state index contributed by atoms with van der Waals surface area (Å²) >= 11 is 0. The minimum atomic E-state index is -3.67. The van der Waals surface area contributed by atoms with Crippen LogP contribution in [0.3, 0.4) is 0 Å². The summed E-state index contributed by atoms with van der Waals surface area (Å²) in [5.41, 5.74) is -0.0591. The number of nitrogens with zero attached hydrogens (tertiary/aromatic N) is 1. The molecule has 1 heterocycles. The topological polar surface area (TPSA) is 84.9 Å². The summed E-state index contributed by atoms with van der Waals surface area (Å²) in [4.78, 5) is 13.7. The lowest BCUT2D eigenvalue weighted by Crippen LogP contribution is -2.48. The molecule has 0 bridgehead atoms. The maximum absolute atomic E-state index is 12.5. The van der Waals surface area contributed by atoms with Crippen LogP contribution in [0, 0.1) is 0 Å². The Bertz CT molecular complexity index is 759. The van der Waals surface area contributed by atoms with E-state index in [2.05, 4.69) is 4.72 Å². The first kappa shape index (κ1) is 20.7. The average molecular weight is 384 g/mol. The molecule has 1 amide bonds. The molecule has 0 spiro atoms. The van der Waals surface area contributed by atoms with E-state index in [0.29, 0.717) is 31.0 Å². The minimum absolute atomic E-state index is 0.107. The molecule has 1 aliphatic rings. The number of anilines is 1. The van der Waals surface area contributed by atoms with Crippen LogP contribution in [0.2, 0.25) is 0 Å².